The number of hydrogen-bond acceptors (Lipinski definition) is 5. The molecule has 7 heteroatoms. The third-order valence-electron chi connectivity index (χ3n) is 2.67. The van der Waals surface area contributed by atoms with E-state index in [1.807, 2.05) is 0 Å². The van der Waals surface area contributed by atoms with Crippen molar-refractivity contribution >= 4 is 5.82 Å². The van der Waals surface area contributed by atoms with Crippen LogP contribution in [-0.2, 0) is 0 Å². The summed E-state index contributed by atoms with van der Waals surface area (Å²) in [5.74, 6) is 0.816. The van der Waals surface area contributed by atoms with Gasteiger partial charge in [0, 0.05) is 25.0 Å². The molecule has 1 N–H and O–H groups in total. The lowest BCUT2D eigenvalue weighted by atomic mass is 10.1. The Kier molecular flexibility index (Phi) is 4.86. The molecule has 0 saturated heterocycles. The molecule has 0 aliphatic carbocycles. The van der Waals surface area contributed by atoms with E-state index >= 15 is 0 Å². The number of halogens is 2. The molecule has 0 spiro atoms. The van der Waals surface area contributed by atoms with Crippen molar-refractivity contribution in [2.75, 3.05) is 19.0 Å². The van der Waals surface area contributed by atoms with Crippen LogP contribution < -0.4 is 14.8 Å². The third-order valence-corrected chi connectivity index (χ3v) is 2.67. The molecular weight excluding hydrogens is 280 g/mol. The van der Waals surface area contributed by atoms with Gasteiger partial charge in [0.15, 0.2) is 17.3 Å². The van der Waals surface area contributed by atoms with Gasteiger partial charge in [-0.05, 0) is 25.1 Å². The predicted molar refractivity (Wildman–Crippen MR) is 74.8 cm³/mol. The molecule has 0 aliphatic heterocycles. The van der Waals surface area contributed by atoms with Gasteiger partial charge in [0.2, 0.25) is 0 Å². The maximum absolute atomic E-state index is 12.4. The van der Waals surface area contributed by atoms with Gasteiger partial charge < -0.3 is 14.8 Å². The van der Waals surface area contributed by atoms with Crippen molar-refractivity contribution in [1.29, 1.82) is 0 Å². The normalized spacial score (nSPS) is 10.5. The summed E-state index contributed by atoms with van der Waals surface area (Å²) in [5, 5.41) is 2.93. The number of nitrogens with one attached hydrogen (secondary N) is 1. The summed E-state index contributed by atoms with van der Waals surface area (Å²) in [7, 11) is 1.73. The van der Waals surface area contributed by atoms with Gasteiger partial charge in [-0.3, -0.25) is 4.98 Å². The van der Waals surface area contributed by atoms with Gasteiger partial charge in [0.25, 0.3) is 0 Å². The lowest BCUT2D eigenvalue weighted by molar-refractivity contribution is -0.0514. The Labute approximate surface area is 120 Å². The monoisotopic (exact) mass is 295 g/mol. The molecule has 2 aromatic rings. The van der Waals surface area contributed by atoms with E-state index in [2.05, 4.69) is 20.0 Å². The van der Waals surface area contributed by atoms with E-state index in [1.54, 1.807) is 38.5 Å². The fourth-order valence-electron chi connectivity index (χ4n) is 1.85. The largest absolute Gasteiger partial charge is 0.490 e. The molecule has 21 heavy (non-hydrogen) atoms. The van der Waals surface area contributed by atoms with Crippen LogP contribution in [0, 0.1) is 0 Å². The van der Waals surface area contributed by atoms with Gasteiger partial charge in [0.05, 0.1) is 6.61 Å². The lowest BCUT2D eigenvalue weighted by Crippen LogP contribution is -2.05. The zero-order chi connectivity index (χ0) is 15.2. The topological polar surface area (TPSA) is 56.3 Å². The molecule has 5 nitrogen and oxygen atoms in total. The average molecular weight is 295 g/mol. The Balaban J connectivity index is 2.43. The van der Waals surface area contributed by atoms with Crippen LogP contribution in [-0.4, -0.2) is 30.2 Å². The Morgan fingerprint density at radius 2 is 1.95 bits per heavy atom. The van der Waals surface area contributed by atoms with E-state index < -0.39 is 6.61 Å². The summed E-state index contributed by atoms with van der Waals surface area (Å²) in [4.78, 5) is 8.40. The van der Waals surface area contributed by atoms with Crippen LogP contribution in [0.5, 0.6) is 11.5 Å². The number of anilines is 1. The highest BCUT2D eigenvalue weighted by Crippen LogP contribution is 2.34. The van der Waals surface area contributed by atoms with E-state index in [1.165, 1.54) is 6.07 Å². The summed E-state index contributed by atoms with van der Waals surface area (Å²) in [6.07, 6.45) is 3.12. The zero-order valence-electron chi connectivity index (χ0n) is 11.6. The fourth-order valence-corrected chi connectivity index (χ4v) is 1.85. The molecule has 0 atom stereocenters. The second-order valence-corrected chi connectivity index (χ2v) is 3.98. The Morgan fingerprint density at radius 1 is 1.19 bits per heavy atom. The Hall–Kier alpha value is -2.44. The highest BCUT2D eigenvalue weighted by molar-refractivity contribution is 5.73. The number of hydrogen-bond donors (Lipinski definition) is 1. The molecular formula is C14H15F2N3O2. The number of rotatable bonds is 6. The molecule has 0 aliphatic rings. The SMILES string of the molecule is CCOc1cc(-c2nccnc2NC)ccc1OC(F)F. The van der Waals surface area contributed by atoms with Gasteiger partial charge in [-0.2, -0.15) is 8.78 Å². The summed E-state index contributed by atoms with van der Waals surface area (Å²) < 4.78 is 34.5. The summed E-state index contributed by atoms with van der Waals surface area (Å²) in [6.45, 7) is -0.804. The standard InChI is InChI=1S/C14H15F2N3O2/c1-3-20-11-8-9(4-5-10(11)21-14(15)16)12-13(17-2)19-7-6-18-12/h4-8,14H,3H2,1-2H3,(H,17,19). The average Bonchev–Trinajstić information content (AvgIpc) is 2.49. The molecule has 0 bridgehead atoms. The highest BCUT2D eigenvalue weighted by Gasteiger charge is 2.14. The number of nitrogens with zero attached hydrogens (tertiary/aromatic N) is 2. The molecule has 1 aromatic heterocycles. The molecule has 112 valence electrons. The quantitative estimate of drug-likeness (QED) is 0.887. The van der Waals surface area contributed by atoms with Gasteiger partial charge in [-0.25, -0.2) is 4.98 Å². The fraction of sp³-hybridized carbons (Fsp3) is 0.286. The third kappa shape index (κ3) is 3.56. The summed E-state index contributed by atoms with van der Waals surface area (Å²) >= 11 is 0. The van der Waals surface area contributed by atoms with E-state index in [0.717, 1.165) is 0 Å². The highest BCUT2D eigenvalue weighted by atomic mass is 19.3. The number of alkyl halides is 2. The van der Waals surface area contributed by atoms with Crippen LogP contribution in [0.1, 0.15) is 6.92 Å². The molecule has 1 heterocycles. The maximum atomic E-state index is 12.4. The number of ether oxygens (including phenoxy) is 2. The first-order valence-corrected chi connectivity index (χ1v) is 6.36. The van der Waals surface area contributed by atoms with Crippen molar-refractivity contribution in [3.05, 3.63) is 30.6 Å². The number of benzene rings is 1. The van der Waals surface area contributed by atoms with Crippen LogP contribution in [0.15, 0.2) is 30.6 Å². The molecule has 0 fully saturated rings. The summed E-state index contributed by atoms with van der Waals surface area (Å²) in [5.41, 5.74) is 1.29. The van der Waals surface area contributed by atoms with E-state index in [-0.39, 0.29) is 11.5 Å². The van der Waals surface area contributed by atoms with Crippen molar-refractivity contribution in [3.63, 3.8) is 0 Å². The Bertz CT molecular complexity index is 609. The van der Waals surface area contributed by atoms with Crippen molar-refractivity contribution in [3.8, 4) is 22.8 Å². The second-order valence-electron chi connectivity index (χ2n) is 3.98. The Morgan fingerprint density at radius 3 is 2.62 bits per heavy atom. The number of aromatic nitrogens is 2. The molecule has 2 rings (SSSR count). The lowest BCUT2D eigenvalue weighted by Gasteiger charge is -2.13. The first-order chi connectivity index (χ1) is 10.2. The van der Waals surface area contributed by atoms with Gasteiger partial charge >= 0.3 is 6.61 Å². The smallest absolute Gasteiger partial charge is 0.387 e. The molecule has 0 saturated carbocycles. The van der Waals surface area contributed by atoms with Crippen LogP contribution in [0.4, 0.5) is 14.6 Å². The van der Waals surface area contributed by atoms with Crippen LogP contribution in [0.3, 0.4) is 0 Å². The predicted octanol–water partition coefficient (Wildman–Crippen LogP) is 3.19. The minimum atomic E-state index is -2.90. The molecule has 0 radical (unpaired) electrons. The zero-order valence-corrected chi connectivity index (χ0v) is 11.6. The minimum Gasteiger partial charge on any atom is -0.490 e. The maximum Gasteiger partial charge on any atom is 0.387 e. The first kappa shape index (κ1) is 15.0. The van der Waals surface area contributed by atoms with Gasteiger partial charge in [0.1, 0.15) is 5.69 Å². The second kappa shape index (κ2) is 6.83. The van der Waals surface area contributed by atoms with Crippen LogP contribution in [0.25, 0.3) is 11.3 Å². The van der Waals surface area contributed by atoms with E-state index in [4.69, 9.17) is 4.74 Å². The van der Waals surface area contributed by atoms with Crippen molar-refractivity contribution in [2.45, 2.75) is 13.5 Å². The van der Waals surface area contributed by atoms with Gasteiger partial charge in [-0.15, -0.1) is 0 Å². The summed E-state index contributed by atoms with van der Waals surface area (Å²) in [6, 6.07) is 4.66. The van der Waals surface area contributed by atoms with Gasteiger partial charge in [-0.1, -0.05) is 0 Å². The molecule has 0 unspecified atom stereocenters. The molecule has 1 aromatic carbocycles. The van der Waals surface area contributed by atoms with E-state index in [9.17, 15) is 8.78 Å². The van der Waals surface area contributed by atoms with Crippen molar-refractivity contribution < 1.29 is 18.3 Å². The first-order valence-electron chi connectivity index (χ1n) is 6.36. The molecule has 0 amide bonds. The minimum absolute atomic E-state index is 0.00880. The van der Waals surface area contributed by atoms with Crippen molar-refractivity contribution in [2.24, 2.45) is 0 Å². The van der Waals surface area contributed by atoms with Crippen LogP contribution >= 0.6 is 0 Å². The van der Waals surface area contributed by atoms with Crippen LogP contribution in [0.2, 0.25) is 0 Å². The van der Waals surface area contributed by atoms with E-state index in [0.29, 0.717) is 23.7 Å². The van der Waals surface area contributed by atoms with Crippen molar-refractivity contribution in [1.82, 2.24) is 9.97 Å².